The number of piperidine rings is 1. The zero-order chi connectivity index (χ0) is 16.3. The number of anilines is 1. The molecule has 2 N–H and O–H groups in total. The van der Waals surface area contributed by atoms with Crippen molar-refractivity contribution in [3.05, 3.63) is 22.7 Å². The molecular weight excluding hydrogens is 304 g/mol. The number of amides is 2. The summed E-state index contributed by atoms with van der Waals surface area (Å²) in [6.07, 6.45) is 1.33. The lowest BCUT2D eigenvalue weighted by atomic mass is 9.92. The molecule has 0 aromatic heterocycles. The van der Waals surface area contributed by atoms with E-state index in [0.717, 1.165) is 18.4 Å². The van der Waals surface area contributed by atoms with Crippen LogP contribution in [-0.4, -0.2) is 42.3 Å². The first-order valence-electron chi connectivity index (χ1n) is 7.50. The number of methoxy groups -OCH3 is 1. The van der Waals surface area contributed by atoms with E-state index in [-0.39, 0.29) is 18.1 Å². The molecule has 0 aliphatic carbocycles. The summed E-state index contributed by atoms with van der Waals surface area (Å²) in [6.45, 7) is 4.99. The zero-order valence-electron chi connectivity index (χ0n) is 13.2. The molecular formula is C16H23ClN2O3. The van der Waals surface area contributed by atoms with E-state index in [1.807, 2.05) is 19.9 Å². The molecule has 1 unspecified atom stereocenters. The lowest BCUT2D eigenvalue weighted by molar-refractivity contribution is 0.0820. The summed E-state index contributed by atoms with van der Waals surface area (Å²) in [4.78, 5) is 14.1. The molecule has 1 aliphatic rings. The van der Waals surface area contributed by atoms with E-state index in [1.165, 1.54) is 0 Å². The fourth-order valence-electron chi connectivity index (χ4n) is 2.71. The molecule has 1 aliphatic heterocycles. The van der Waals surface area contributed by atoms with Crippen molar-refractivity contribution in [2.24, 2.45) is 5.92 Å². The fourth-order valence-corrected chi connectivity index (χ4v) is 2.86. The molecule has 2 rings (SSSR count). The van der Waals surface area contributed by atoms with Crippen molar-refractivity contribution in [1.82, 2.24) is 4.90 Å². The zero-order valence-corrected chi connectivity index (χ0v) is 14.0. The number of hydrogen-bond acceptors (Lipinski definition) is 3. The molecule has 0 radical (unpaired) electrons. The first-order chi connectivity index (χ1) is 10.4. The van der Waals surface area contributed by atoms with E-state index < -0.39 is 0 Å². The van der Waals surface area contributed by atoms with Gasteiger partial charge in [0.05, 0.1) is 18.9 Å². The number of benzene rings is 1. The summed E-state index contributed by atoms with van der Waals surface area (Å²) in [5, 5.41) is 13.1. The third-order valence-electron chi connectivity index (χ3n) is 4.23. The van der Waals surface area contributed by atoms with E-state index in [0.29, 0.717) is 29.5 Å². The molecule has 1 aromatic carbocycles. The minimum atomic E-state index is -0.316. The van der Waals surface area contributed by atoms with Crippen LogP contribution in [0.4, 0.5) is 10.5 Å². The standard InChI is InChI=1S/C16H23ClN2O3/c1-10-8-14(15(22-3)9-13(10)17)18-16(21)19-6-4-12(5-7-19)11(2)20/h8-9,11-12,20H,4-7H2,1-3H3,(H,18,21). The van der Waals surface area contributed by atoms with Crippen molar-refractivity contribution in [3.63, 3.8) is 0 Å². The van der Waals surface area contributed by atoms with Gasteiger partial charge in [0, 0.05) is 24.2 Å². The number of ether oxygens (including phenoxy) is 1. The molecule has 1 saturated heterocycles. The number of carbonyl (C=O) groups excluding carboxylic acids is 1. The van der Waals surface area contributed by atoms with Gasteiger partial charge in [0.2, 0.25) is 0 Å². The number of rotatable bonds is 3. The van der Waals surface area contributed by atoms with Gasteiger partial charge in [0.25, 0.3) is 0 Å². The number of hydrogen-bond donors (Lipinski definition) is 2. The third kappa shape index (κ3) is 3.84. The van der Waals surface area contributed by atoms with Gasteiger partial charge >= 0.3 is 6.03 Å². The normalized spacial score (nSPS) is 17.2. The first kappa shape index (κ1) is 16.9. The van der Waals surface area contributed by atoms with Crippen LogP contribution in [0, 0.1) is 12.8 Å². The second-order valence-electron chi connectivity index (χ2n) is 5.80. The Bertz CT molecular complexity index is 540. The highest BCUT2D eigenvalue weighted by molar-refractivity contribution is 6.31. The average molecular weight is 327 g/mol. The Labute approximate surface area is 136 Å². The molecule has 1 fully saturated rings. The van der Waals surface area contributed by atoms with Crippen LogP contribution in [0.3, 0.4) is 0 Å². The third-order valence-corrected chi connectivity index (χ3v) is 4.64. The maximum Gasteiger partial charge on any atom is 0.321 e. The van der Waals surface area contributed by atoms with Gasteiger partial charge < -0.3 is 20.1 Å². The SMILES string of the molecule is COc1cc(Cl)c(C)cc1NC(=O)N1CCC(C(C)O)CC1. The summed E-state index contributed by atoms with van der Waals surface area (Å²) < 4.78 is 5.27. The first-order valence-corrected chi connectivity index (χ1v) is 7.88. The summed E-state index contributed by atoms with van der Waals surface area (Å²) in [5.74, 6) is 0.819. The smallest absolute Gasteiger partial charge is 0.321 e. The second kappa shape index (κ2) is 7.20. The summed E-state index contributed by atoms with van der Waals surface area (Å²) >= 11 is 6.07. The van der Waals surface area contributed by atoms with E-state index in [9.17, 15) is 9.90 Å². The van der Waals surface area contributed by atoms with Crippen LogP contribution in [0.2, 0.25) is 5.02 Å². The quantitative estimate of drug-likeness (QED) is 0.896. The average Bonchev–Trinajstić information content (AvgIpc) is 2.50. The van der Waals surface area contributed by atoms with Crippen LogP contribution in [-0.2, 0) is 0 Å². The molecule has 1 aromatic rings. The highest BCUT2D eigenvalue weighted by Crippen LogP contribution is 2.31. The van der Waals surface area contributed by atoms with Gasteiger partial charge in [0.1, 0.15) is 5.75 Å². The van der Waals surface area contributed by atoms with Crippen LogP contribution in [0.25, 0.3) is 0 Å². The predicted molar refractivity (Wildman–Crippen MR) is 87.7 cm³/mol. The largest absolute Gasteiger partial charge is 0.495 e. The minimum absolute atomic E-state index is 0.149. The van der Waals surface area contributed by atoms with Crippen molar-refractivity contribution in [2.45, 2.75) is 32.8 Å². The Morgan fingerprint density at radius 3 is 2.64 bits per heavy atom. The molecule has 6 heteroatoms. The maximum absolute atomic E-state index is 12.4. The van der Waals surface area contributed by atoms with Crippen molar-refractivity contribution < 1.29 is 14.6 Å². The Morgan fingerprint density at radius 2 is 2.09 bits per heavy atom. The van der Waals surface area contributed by atoms with Crippen LogP contribution >= 0.6 is 11.6 Å². The van der Waals surface area contributed by atoms with Crippen molar-refractivity contribution in [3.8, 4) is 5.75 Å². The van der Waals surface area contributed by atoms with Gasteiger partial charge in [-0.1, -0.05) is 11.6 Å². The van der Waals surface area contributed by atoms with E-state index in [4.69, 9.17) is 16.3 Å². The lowest BCUT2D eigenvalue weighted by Crippen LogP contribution is -2.42. The molecule has 1 heterocycles. The molecule has 5 nitrogen and oxygen atoms in total. The van der Waals surface area contributed by atoms with Crippen molar-refractivity contribution in [2.75, 3.05) is 25.5 Å². The number of nitrogens with one attached hydrogen (secondary N) is 1. The van der Waals surface area contributed by atoms with Gasteiger partial charge in [-0.15, -0.1) is 0 Å². The Balaban J connectivity index is 2.02. The Hall–Kier alpha value is -1.46. The predicted octanol–water partition coefficient (Wildman–Crippen LogP) is 3.28. The number of aliphatic hydroxyl groups excluding tert-OH is 1. The maximum atomic E-state index is 12.4. The van der Waals surface area contributed by atoms with Crippen molar-refractivity contribution in [1.29, 1.82) is 0 Å². The fraction of sp³-hybridized carbons (Fsp3) is 0.562. The summed E-state index contributed by atoms with van der Waals surface area (Å²) in [6, 6.07) is 3.36. The number of likely N-dealkylation sites (tertiary alicyclic amines) is 1. The summed E-state index contributed by atoms with van der Waals surface area (Å²) in [5.41, 5.74) is 1.50. The number of urea groups is 1. The molecule has 0 spiro atoms. The Morgan fingerprint density at radius 1 is 1.45 bits per heavy atom. The van der Waals surface area contributed by atoms with Gasteiger partial charge in [-0.2, -0.15) is 0 Å². The van der Waals surface area contributed by atoms with E-state index in [2.05, 4.69) is 5.32 Å². The number of aryl methyl sites for hydroxylation is 1. The minimum Gasteiger partial charge on any atom is -0.495 e. The van der Waals surface area contributed by atoms with Crippen LogP contribution in [0.15, 0.2) is 12.1 Å². The molecule has 0 saturated carbocycles. The highest BCUT2D eigenvalue weighted by atomic mass is 35.5. The van der Waals surface area contributed by atoms with Crippen LogP contribution in [0.1, 0.15) is 25.3 Å². The number of aliphatic hydroxyl groups is 1. The Kier molecular flexibility index (Phi) is 5.53. The number of halogens is 1. The van der Waals surface area contributed by atoms with Gasteiger partial charge in [-0.05, 0) is 44.2 Å². The molecule has 0 bridgehead atoms. The van der Waals surface area contributed by atoms with Crippen molar-refractivity contribution >= 4 is 23.3 Å². The number of carbonyl (C=O) groups is 1. The lowest BCUT2D eigenvalue weighted by Gasteiger charge is -2.33. The van der Waals surface area contributed by atoms with Crippen LogP contribution in [0.5, 0.6) is 5.75 Å². The van der Waals surface area contributed by atoms with Gasteiger partial charge in [-0.25, -0.2) is 4.79 Å². The summed E-state index contributed by atoms with van der Waals surface area (Å²) in [7, 11) is 1.55. The molecule has 1 atom stereocenters. The van der Waals surface area contributed by atoms with E-state index in [1.54, 1.807) is 18.1 Å². The monoisotopic (exact) mass is 326 g/mol. The van der Waals surface area contributed by atoms with Gasteiger partial charge in [-0.3, -0.25) is 0 Å². The topological polar surface area (TPSA) is 61.8 Å². The van der Waals surface area contributed by atoms with E-state index >= 15 is 0 Å². The molecule has 122 valence electrons. The molecule has 2 amide bonds. The van der Waals surface area contributed by atoms with Gasteiger partial charge in [0.15, 0.2) is 0 Å². The van der Waals surface area contributed by atoms with Crippen LogP contribution < -0.4 is 10.1 Å². The molecule has 22 heavy (non-hydrogen) atoms. The highest BCUT2D eigenvalue weighted by Gasteiger charge is 2.25. The second-order valence-corrected chi connectivity index (χ2v) is 6.20. The number of nitrogens with zero attached hydrogens (tertiary/aromatic N) is 1.